The van der Waals surface area contributed by atoms with Crippen LogP contribution in [0.3, 0.4) is 0 Å². The third-order valence-electron chi connectivity index (χ3n) is 4.27. The lowest BCUT2D eigenvalue weighted by molar-refractivity contribution is -0.114. The number of aromatic nitrogens is 2. The molecule has 3 aromatic rings. The summed E-state index contributed by atoms with van der Waals surface area (Å²) in [6.45, 7) is 5.16. The molecule has 7 heteroatoms. The first-order valence-corrected chi connectivity index (χ1v) is 9.02. The van der Waals surface area contributed by atoms with E-state index in [-0.39, 0.29) is 17.6 Å². The molecule has 3 rings (SSSR count). The molecule has 0 spiro atoms. The van der Waals surface area contributed by atoms with E-state index in [1.54, 1.807) is 47.2 Å². The van der Waals surface area contributed by atoms with Crippen LogP contribution in [0.2, 0.25) is 0 Å². The smallest absolute Gasteiger partial charge is 0.248 e. The molecule has 0 radical (unpaired) electrons. The number of carbonyl (C=O) groups excluding carboxylic acids is 2. The average Bonchev–Trinajstić information content (AvgIpc) is 2.94. The second-order valence-electron chi connectivity index (χ2n) is 6.56. The van der Waals surface area contributed by atoms with Crippen molar-refractivity contribution in [3.8, 4) is 5.69 Å². The van der Waals surface area contributed by atoms with E-state index in [2.05, 4.69) is 15.7 Å². The van der Waals surface area contributed by atoms with Gasteiger partial charge in [-0.2, -0.15) is 5.10 Å². The first kappa shape index (κ1) is 20.0. The van der Waals surface area contributed by atoms with Gasteiger partial charge in [0.1, 0.15) is 5.82 Å². The number of aryl methyl sites for hydroxylation is 1. The second kappa shape index (κ2) is 8.52. The number of hydrogen-bond donors (Lipinski definition) is 2. The predicted octanol–water partition coefficient (Wildman–Crippen LogP) is 4.24. The average molecular weight is 392 g/mol. The first-order valence-electron chi connectivity index (χ1n) is 9.02. The molecule has 0 fully saturated rings. The number of hydrogen-bond acceptors (Lipinski definition) is 3. The second-order valence-corrected chi connectivity index (χ2v) is 6.56. The summed E-state index contributed by atoms with van der Waals surface area (Å²) in [6.07, 6.45) is 3.13. The predicted molar refractivity (Wildman–Crippen MR) is 111 cm³/mol. The van der Waals surface area contributed by atoms with Crippen molar-refractivity contribution in [1.29, 1.82) is 0 Å². The van der Waals surface area contributed by atoms with Crippen molar-refractivity contribution in [1.82, 2.24) is 9.78 Å². The van der Waals surface area contributed by atoms with Gasteiger partial charge in [-0.25, -0.2) is 9.07 Å². The Morgan fingerprint density at radius 3 is 2.34 bits per heavy atom. The lowest BCUT2D eigenvalue weighted by atomic mass is 10.2. The summed E-state index contributed by atoms with van der Waals surface area (Å²) in [6, 6.07) is 13.0. The summed E-state index contributed by atoms with van der Waals surface area (Å²) in [5.41, 5.74) is 4.32. The van der Waals surface area contributed by atoms with Gasteiger partial charge in [-0.3, -0.25) is 9.59 Å². The minimum atomic E-state index is -0.311. The molecular formula is C22H21FN4O2. The van der Waals surface area contributed by atoms with Crippen LogP contribution in [0.4, 0.5) is 15.8 Å². The van der Waals surface area contributed by atoms with Gasteiger partial charge in [0.25, 0.3) is 0 Å². The standard InChI is InChI=1S/C22H21FN4O2/c1-14-21(15(2)27(26-14)20-9-7-17(23)8-10-20)11-12-22(29)25-19-6-4-5-18(13-19)24-16(3)28/h4-13H,1-3H3,(H,24,28)(H,25,29)/b12-11+. The lowest BCUT2D eigenvalue weighted by Crippen LogP contribution is -2.09. The molecular weight excluding hydrogens is 371 g/mol. The molecule has 2 amide bonds. The first-order chi connectivity index (χ1) is 13.8. The summed E-state index contributed by atoms with van der Waals surface area (Å²) in [5.74, 6) is -0.801. The van der Waals surface area contributed by atoms with Gasteiger partial charge < -0.3 is 10.6 Å². The Balaban J connectivity index is 1.75. The summed E-state index contributed by atoms with van der Waals surface area (Å²) in [4.78, 5) is 23.5. The molecule has 6 nitrogen and oxygen atoms in total. The number of carbonyl (C=O) groups is 2. The molecule has 0 saturated carbocycles. The maximum absolute atomic E-state index is 13.2. The van der Waals surface area contributed by atoms with E-state index in [0.29, 0.717) is 11.4 Å². The van der Waals surface area contributed by atoms with Crippen LogP contribution in [0.1, 0.15) is 23.9 Å². The molecule has 2 N–H and O–H groups in total. The van der Waals surface area contributed by atoms with Gasteiger partial charge in [-0.1, -0.05) is 6.07 Å². The highest BCUT2D eigenvalue weighted by Gasteiger charge is 2.11. The Morgan fingerprint density at radius 2 is 1.69 bits per heavy atom. The van der Waals surface area contributed by atoms with E-state index in [9.17, 15) is 14.0 Å². The molecule has 0 saturated heterocycles. The fraction of sp³-hybridized carbons (Fsp3) is 0.136. The highest BCUT2D eigenvalue weighted by molar-refractivity contribution is 6.02. The zero-order chi connectivity index (χ0) is 21.0. The van der Waals surface area contributed by atoms with Crippen molar-refractivity contribution >= 4 is 29.3 Å². The van der Waals surface area contributed by atoms with E-state index in [1.807, 2.05) is 13.8 Å². The Hall–Kier alpha value is -3.74. The summed E-state index contributed by atoms with van der Waals surface area (Å²) in [5, 5.41) is 9.92. The van der Waals surface area contributed by atoms with Crippen LogP contribution in [-0.2, 0) is 9.59 Å². The summed E-state index contributed by atoms with van der Waals surface area (Å²) in [7, 11) is 0. The molecule has 0 aliphatic carbocycles. The van der Waals surface area contributed by atoms with E-state index in [0.717, 1.165) is 22.6 Å². The van der Waals surface area contributed by atoms with Crippen LogP contribution in [-0.4, -0.2) is 21.6 Å². The summed E-state index contributed by atoms with van der Waals surface area (Å²) < 4.78 is 14.9. The number of amides is 2. The van der Waals surface area contributed by atoms with Gasteiger partial charge in [-0.05, 0) is 62.4 Å². The molecule has 2 aromatic carbocycles. The third-order valence-corrected chi connectivity index (χ3v) is 4.27. The van der Waals surface area contributed by atoms with Crippen LogP contribution in [0.25, 0.3) is 11.8 Å². The normalized spacial score (nSPS) is 10.9. The molecule has 148 valence electrons. The van der Waals surface area contributed by atoms with E-state index < -0.39 is 0 Å². The van der Waals surface area contributed by atoms with Gasteiger partial charge >= 0.3 is 0 Å². The number of nitrogens with one attached hydrogen (secondary N) is 2. The Bertz CT molecular complexity index is 1080. The zero-order valence-electron chi connectivity index (χ0n) is 16.4. The van der Waals surface area contributed by atoms with Crippen molar-refractivity contribution in [2.75, 3.05) is 10.6 Å². The topological polar surface area (TPSA) is 76.0 Å². The Labute approximate surface area is 168 Å². The third kappa shape index (κ3) is 4.95. The lowest BCUT2D eigenvalue weighted by Gasteiger charge is -2.06. The van der Waals surface area contributed by atoms with Crippen LogP contribution < -0.4 is 10.6 Å². The molecule has 0 atom stereocenters. The monoisotopic (exact) mass is 392 g/mol. The molecule has 0 bridgehead atoms. The van der Waals surface area contributed by atoms with Gasteiger partial charge in [-0.15, -0.1) is 0 Å². The maximum Gasteiger partial charge on any atom is 0.248 e. The molecule has 0 aliphatic rings. The molecule has 0 unspecified atom stereocenters. The van der Waals surface area contributed by atoms with E-state index >= 15 is 0 Å². The number of halogens is 1. The minimum Gasteiger partial charge on any atom is -0.326 e. The number of rotatable bonds is 5. The fourth-order valence-corrected chi connectivity index (χ4v) is 2.95. The van der Waals surface area contributed by atoms with Crippen LogP contribution in [0.5, 0.6) is 0 Å². The van der Waals surface area contributed by atoms with Gasteiger partial charge in [0, 0.05) is 35.6 Å². The number of nitrogens with zero attached hydrogens (tertiary/aromatic N) is 2. The van der Waals surface area contributed by atoms with Crippen molar-refractivity contribution in [2.45, 2.75) is 20.8 Å². The largest absolute Gasteiger partial charge is 0.326 e. The Kier molecular flexibility index (Phi) is 5.87. The molecule has 0 aliphatic heterocycles. The van der Waals surface area contributed by atoms with Gasteiger partial charge in [0.15, 0.2) is 0 Å². The van der Waals surface area contributed by atoms with Crippen molar-refractivity contribution in [2.24, 2.45) is 0 Å². The Morgan fingerprint density at radius 1 is 1.03 bits per heavy atom. The van der Waals surface area contributed by atoms with E-state index in [1.165, 1.54) is 25.1 Å². The molecule has 1 heterocycles. The van der Waals surface area contributed by atoms with Crippen LogP contribution in [0.15, 0.2) is 54.6 Å². The van der Waals surface area contributed by atoms with E-state index in [4.69, 9.17) is 0 Å². The van der Waals surface area contributed by atoms with Gasteiger partial charge in [0.2, 0.25) is 11.8 Å². The summed E-state index contributed by atoms with van der Waals surface area (Å²) >= 11 is 0. The maximum atomic E-state index is 13.2. The highest BCUT2D eigenvalue weighted by atomic mass is 19.1. The number of anilines is 2. The van der Waals surface area contributed by atoms with Gasteiger partial charge in [0.05, 0.1) is 11.4 Å². The molecule has 1 aromatic heterocycles. The fourth-order valence-electron chi connectivity index (χ4n) is 2.95. The highest BCUT2D eigenvalue weighted by Crippen LogP contribution is 2.20. The van der Waals surface area contributed by atoms with Crippen molar-refractivity contribution in [3.05, 3.63) is 77.4 Å². The number of benzene rings is 2. The van der Waals surface area contributed by atoms with Crippen molar-refractivity contribution < 1.29 is 14.0 Å². The molecule has 29 heavy (non-hydrogen) atoms. The van der Waals surface area contributed by atoms with Crippen LogP contribution >= 0.6 is 0 Å². The SMILES string of the molecule is CC(=O)Nc1cccc(NC(=O)/C=C/c2c(C)nn(-c3ccc(F)cc3)c2C)c1. The minimum absolute atomic E-state index is 0.183. The quantitative estimate of drug-likeness (QED) is 0.638. The van der Waals surface area contributed by atoms with Crippen LogP contribution in [0, 0.1) is 19.7 Å². The van der Waals surface area contributed by atoms with Crippen molar-refractivity contribution in [3.63, 3.8) is 0 Å². The zero-order valence-corrected chi connectivity index (χ0v) is 16.4.